The first kappa shape index (κ1) is 87.1. The van der Waals surface area contributed by atoms with Crippen LogP contribution in [0.5, 0.6) is 0 Å². The largest absolute Gasteiger partial charge is 0.472 e. The fourth-order valence-corrected chi connectivity index (χ4v) is 12.1. The third kappa shape index (κ3) is 63.2. The number of hydrogen-bond acceptors (Lipinski definition) is 15. The summed E-state index contributed by atoms with van der Waals surface area (Å²) in [5.74, 6) is -0.508. The highest BCUT2D eigenvalue weighted by molar-refractivity contribution is 7.47. The van der Waals surface area contributed by atoms with Crippen molar-refractivity contribution in [3.05, 3.63) is 0 Å². The Morgan fingerprint density at radius 3 is 0.854 bits per heavy atom. The molecule has 3 unspecified atom stereocenters. The number of esters is 4. The van der Waals surface area contributed by atoms with Crippen LogP contribution in [0.3, 0.4) is 0 Å². The Morgan fingerprint density at radius 1 is 0.326 bits per heavy atom. The van der Waals surface area contributed by atoms with Crippen molar-refractivity contribution in [3.8, 4) is 0 Å². The van der Waals surface area contributed by atoms with E-state index in [1.54, 1.807) is 0 Å². The highest BCUT2D eigenvalue weighted by Gasteiger charge is 2.30. The summed E-state index contributed by atoms with van der Waals surface area (Å²) in [4.78, 5) is 72.1. The maximum absolute atomic E-state index is 13.0. The Balaban J connectivity index is 5.09. The molecule has 0 fully saturated rings. The number of rotatable bonds is 69. The molecule has 0 aliphatic heterocycles. The van der Waals surface area contributed by atoms with Crippen molar-refractivity contribution in [2.24, 2.45) is 11.8 Å². The molecule has 0 aromatic carbocycles. The number of aliphatic hydroxyl groups is 1. The number of aliphatic hydroxyl groups excluding tert-OH is 1. The molecule has 0 radical (unpaired) electrons. The molecular weight excluding hydrogens is 1170 g/mol. The van der Waals surface area contributed by atoms with Crippen molar-refractivity contribution < 1.29 is 80.2 Å². The summed E-state index contributed by atoms with van der Waals surface area (Å²) in [5, 5.41) is 10.5. The maximum atomic E-state index is 13.0. The van der Waals surface area contributed by atoms with Gasteiger partial charge >= 0.3 is 39.5 Å². The lowest BCUT2D eigenvalue weighted by molar-refractivity contribution is -0.161. The van der Waals surface area contributed by atoms with Gasteiger partial charge in [-0.3, -0.25) is 37.3 Å². The molecule has 528 valence electrons. The van der Waals surface area contributed by atoms with E-state index in [2.05, 4.69) is 41.5 Å². The summed E-state index contributed by atoms with van der Waals surface area (Å²) >= 11 is 0. The van der Waals surface area contributed by atoms with Gasteiger partial charge in [0, 0.05) is 25.7 Å². The van der Waals surface area contributed by atoms with E-state index in [-0.39, 0.29) is 25.7 Å². The van der Waals surface area contributed by atoms with Gasteiger partial charge in [0.05, 0.1) is 26.4 Å². The van der Waals surface area contributed by atoms with Crippen molar-refractivity contribution in [1.82, 2.24) is 0 Å². The van der Waals surface area contributed by atoms with E-state index in [0.29, 0.717) is 25.7 Å². The molecule has 6 atom stereocenters. The van der Waals surface area contributed by atoms with Crippen LogP contribution in [-0.2, 0) is 65.4 Å². The molecule has 0 saturated carbocycles. The SMILES string of the molecule is CCCCCCCCCCCC(=O)O[C@H](COC(=O)CCCCCCC)COP(=O)(O)OC[C@H](O)COP(=O)(O)OC[C@@H](COC(=O)CCCCCCCCCCCCC(C)C)OC(=O)CCCCCCCCCCCCCCCCCCCCC(C)CC. The Labute approximate surface area is 543 Å². The van der Waals surface area contributed by atoms with Crippen molar-refractivity contribution in [2.75, 3.05) is 39.6 Å². The van der Waals surface area contributed by atoms with Crippen LogP contribution >= 0.6 is 15.6 Å². The lowest BCUT2D eigenvalue weighted by atomic mass is 9.99. The second-order valence-corrected chi connectivity index (χ2v) is 28.9. The maximum Gasteiger partial charge on any atom is 0.472 e. The van der Waals surface area contributed by atoms with Gasteiger partial charge in [-0.25, -0.2) is 9.13 Å². The van der Waals surface area contributed by atoms with Crippen LogP contribution in [0.4, 0.5) is 0 Å². The Hall–Kier alpha value is -1.94. The predicted octanol–water partition coefficient (Wildman–Crippen LogP) is 20.0. The second-order valence-electron chi connectivity index (χ2n) is 26.0. The molecule has 0 spiro atoms. The molecule has 0 heterocycles. The molecule has 0 aromatic rings. The molecule has 0 rings (SSSR count). The summed E-state index contributed by atoms with van der Waals surface area (Å²) in [6.45, 7) is 9.50. The van der Waals surface area contributed by atoms with Gasteiger partial charge in [0.1, 0.15) is 19.3 Å². The first-order valence-electron chi connectivity index (χ1n) is 36.5. The number of hydrogen-bond donors (Lipinski definition) is 3. The predicted molar refractivity (Wildman–Crippen MR) is 358 cm³/mol. The Morgan fingerprint density at radius 2 is 0.573 bits per heavy atom. The fraction of sp³-hybridized carbons (Fsp3) is 0.943. The van der Waals surface area contributed by atoms with E-state index in [1.807, 2.05) is 0 Å². The Bertz CT molecular complexity index is 1740. The third-order valence-corrected chi connectivity index (χ3v) is 18.5. The molecule has 17 nitrogen and oxygen atoms in total. The standard InChI is InChI=1S/C70H136O17P2/c1-7-10-12-14-15-28-36-42-48-54-69(74)86-65(58-80-67(72)52-46-38-13-11-8-2)60-84-88(76,77)82-56-64(71)57-83-89(78,79)85-61-66(59-81-68(73)53-47-41-35-31-27-26-29-33-39-44-50-62(4)5)87-70(75)55-49-43-37-32-25-23-21-19-17-16-18-20-22-24-30-34-40-45-51-63(6)9-3/h62-66,71H,7-61H2,1-6H3,(H,76,77)(H,78,79)/t63?,64-,65+,66+/m0/s1. The molecule has 3 N–H and O–H groups in total. The number of phosphoric ester groups is 2. The first-order valence-corrected chi connectivity index (χ1v) is 39.5. The summed E-state index contributed by atoms with van der Waals surface area (Å²) in [6, 6.07) is 0. The smallest absolute Gasteiger partial charge is 0.462 e. The molecular formula is C70H136O17P2. The van der Waals surface area contributed by atoms with Gasteiger partial charge in [-0.1, -0.05) is 305 Å². The zero-order valence-electron chi connectivity index (χ0n) is 57.7. The molecule has 0 amide bonds. The number of unbranched alkanes of at least 4 members (excludes halogenated alkanes) is 38. The van der Waals surface area contributed by atoms with Gasteiger partial charge in [0.2, 0.25) is 0 Å². The quantitative estimate of drug-likeness (QED) is 0.0222. The number of phosphoric acid groups is 2. The van der Waals surface area contributed by atoms with Crippen molar-refractivity contribution in [3.63, 3.8) is 0 Å². The highest BCUT2D eigenvalue weighted by Crippen LogP contribution is 2.45. The molecule has 0 aromatic heterocycles. The second kappa shape index (κ2) is 62.2. The van der Waals surface area contributed by atoms with Gasteiger partial charge in [-0.05, 0) is 37.5 Å². The van der Waals surface area contributed by atoms with Gasteiger partial charge in [-0.2, -0.15) is 0 Å². The van der Waals surface area contributed by atoms with Crippen LogP contribution in [0, 0.1) is 11.8 Å². The minimum atomic E-state index is -4.95. The summed E-state index contributed by atoms with van der Waals surface area (Å²) < 4.78 is 68.0. The van der Waals surface area contributed by atoms with Crippen LogP contribution in [-0.4, -0.2) is 96.7 Å². The zero-order valence-corrected chi connectivity index (χ0v) is 59.5. The molecule has 19 heteroatoms. The summed E-state index contributed by atoms with van der Waals surface area (Å²) in [7, 11) is -9.88. The number of carbonyl (C=O) groups excluding carboxylic acids is 4. The topological polar surface area (TPSA) is 237 Å². The molecule has 89 heavy (non-hydrogen) atoms. The molecule has 0 aliphatic carbocycles. The van der Waals surface area contributed by atoms with E-state index < -0.39 is 97.5 Å². The van der Waals surface area contributed by atoms with Gasteiger partial charge < -0.3 is 33.8 Å². The van der Waals surface area contributed by atoms with Gasteiger partial charge in [-0.15, -0.1) is 0 Å². The fourth-order valence-electron chi connectivity index (χ4n) is 10.6. The monoisotopic (exact) mass is 1310 g/mol. The van der Waals surface area contributed by atoms with E-state index in [0.717, 1.165) is 108 Å². The normalized spacial score (nSPS) is 14.4. The van der Waals surface area contributed by atoms with Crippen LogP contribution in [0.2, 0.25) is 0 Å². The van der Waals surface area contributed by atoms with E-state index >= 15 is 0 Å². The lowest BCUT2D eigenvalue weighted by Gasteiger charge is -2.21. The third-order valence-electron chi connectivity index (χ3n) is 16.6. The minimum absolute atomic E-state index is 0.105. The average Bonchev–Trinajstić information content (AvgIpc) is 3.71. The minimum Gasteiger partial charge on any atom is -0.462 e. The van der Waals surface area contributed by atoms with Crippen molar-refractivity contribution in [2.45, 2.75) is 374 Å². The van der Waals surface area contributed by atoms with Crippen molar-refractivity contribution >= 4 is 39.5 Å². The van der Waals surface area contributed by atoms with Crippen molar-refractivity contribution in [1.29, 1.82) is 0 Å². The van der Waals surface area contributed by atoms with Crippen LogP contribution in [0.15, 0.2) is 0 Å². The first-order chi connectivity index (χ1) is 42.9. The number of carbonyl (C=O) groups is 4. The lowest BCUT2D eigenvalue weighted by Crippen LogP contribution is -2.30. The molecule has 0 aliphatic rings. The summed E-state index contributed by atoms with van der Waals surface area (Å²) in [5.41, 5.74) is 0. The zero-order chi connectivity index (χ0) is 65.7. The highest BCUT2D eigenvalue weighted by atomic mass is 31.2. The van der Waals surface area contributed by atoms with E-state index in [4.69, 9.17) is 37.0 Å². The molecule has 0 bridgehead atoms. The molecule has 0 saturated heterocycles. The summed E-state index contributed by atoms with van der Waals surface area (Å²) in [6.07, 6.45) is 47.7. The van der Waals surface area contributed by atoms with Crippen LogP contribution in [0.1, 0.15) is 356 Å². The van der Waals surface area contributed by atoms with Gasteiger partial charge in [0.25, 0.3) is 0 Å². The average molecular weight is 1310 g/mol. The van der Waals surface area contributed by atoms with Gasteiger partial charge in [0.15, 0.2) is 12.2 Å². The van der Waals surface area contributed by atoms with Crippen LogP contribution in [0.25, 0.3) is 0 Å². The Kier molecular flexibility index (Phi) is 60.8. The van der Waals surface area contributed by atoms with E-state index in [1.165, 1.54) is 167 Å². The van der Waals surface area contributed by atoms with E-state index in [9.17, 15) is 43.2 Å². The number of ether oxygens (including phenoxy) is 4. The van der Waals surface area contributed by atoms with Crippen LogP contribution < -0.4 is 0 Å².